The molecule has 1 fully saturated rings. The van der Waals surface area contributed by atoms with Crippen molar-refractivity contribution in [3.8, 4) is 28.5 Å². The topological polar surface area (TPSA) is 85.5 Å². The average Bonchev–Trinajstić information content (AvgIpc) is 3.52. The van der Waals surface area contributed by atoms with E-state index in [4.69, 9.17) is 4.74 Å². The number of benzene rings is 2. The smallest absolute Gasteiger partial charge is 0.328 e. The first-order valence-electron chi connectivity index (χ1n) is 10.8. The van der Waals surface area contributed by atoms with Gasteiger partial charge in [-0.15, -0.1) is 0 Å². The van der Waals surface area contributed by atoms with Crippen LogP contribution in [0.15, 0.2) is 71.8 Å². The van der Waals surface area contributed by atoms with Crippen LogP contribution >= 0.6 is 0 Å². The normalized spacial score (nSPS) is 13.6. The molecular weight excluding hydrogens is 477 g/mol. The molecule has 4 aromatic rings. The SMILES string of the molecule is COc1cn(-c2ccc(N3CCN(C(F)F)C3=O)cc2F)nc(-c2ccnn2-c2ccccc2)c1=O. The number of aromatic nitrogens is 4. The number of hydrogen-bond acceptors (Lipinski definition) is 5. The van der Waals surface area contributed by atoms with Crippen LogP contribution in [0.4, 0.5) is 23.7 Å². The van der Waals surface area contributed by atoms with E-state index in [1.165, 1.54) is 36.3 Å². The summed E-state index contributed by atoms with van der Waals surface area (Å²) in [6.45, 7) is -3.11. The molecule has 5 rings (SSSR count). The van der Waals surface area contributed by atoms with Crippen molar-refractivity contribution in [3.63, 3.8) is 0 Å². The number of methoxy groups -OCH3 is 1. The van der Waals surface area contributed by atoms with Crippen molar-refractivity contribution in [2.45, 2.75) is 6.55 Å². The Kier molecular flexibility index (Phi) is 5.92. The molecule has 1 aliphatic rings. The summed E-state index contributed by atoms with van der Waals surface area (Å²) < 4.78 is 49.1. The van der Waals surface area contributed by atoms with Crippen molar-refractivity contribution in [1.29, 1.82) is 0 Å². The van der Waals surface area contributed by atoms with Crippen molar-refractivity contribution in [1.82, 2.24) is 24.5 Å². The lowest BCUT2D eigenvalue weighted by Gasteiger charge is -2.19. The molecule has 12 heteroatoms. The van der Waals surface area contributed by atoms with E-state index < -0.39 is 23.8 Å². The van der Waals surface area contributed by atoms with E-state index in [0.717, 1.165) is 15.6 Å². The molecule has 0 atom stereocenters. The summed E-state index contributed by atoms with van der Waals surface area (Å²) in [6, 6.07) is 13.6. The van der Waals surface area contributed by atoms with E-state index in [2.05, 4.69) is 10.2 Å². The molecule has 0 bridgehead atoms. The lowest BCUT2D eigenvalue weighted by Crippen LogP contribution is -2.35. The van der Waals surface area contributed by atoms with Crippen LogP contribution in [0, 0.1) is 5.82 Å². The van der Waals surface area contributed by atoms with Crippen molar-refractivity contribution < 1.29 is 22.7 Å². The number of carbonyl (C=O) groups excluding carboxylic acids is 1. The van der Waals surface area contributed by atoms with Gasteiger partial charge in [-0.25, -0.2) is 18.5 Å². The zero-order valence-electron chi connectivity index (χ0n) is 18.9. The first kappa shape index (κ1) is 23.1. The number of hydrogen-bond donors (Lipinski definition) is 0. The Balaban J connectivity index is 1.56. The molecule has 0 N–H and O–H groups in total. The molecular formula is C24H19F3N6O3. The number of anilines is 1. The minimum Gasteiger partial charge on any atom is -0.491 e. The highest BCUT2D eigenvalue weighted by molar-refractivity contribution is 5.94. The Morgan fingerprint density at radius 3 is 2.44 bits per heavy atom. The zero-order chi connectivity index (χ0) is 25.4. The molecule has 9 nitrogen and oxygen atoms in total. The second-order valence-corrected chi connectivity index (χ2v) is 7.82. The molecule has 0 spiro atoms. The van der Waals surface area contributed by atoms with Crippen LogP contribution < -0.4 is 15.1 Å². The Morgan fingerprint density at radius 1 is 1.00 bits per heavy atom. The standard InChI is InChI=1S/C24H19F3N6O3/c1-36-20-14-32(18-8-7-16(13-17(18)25)30-11-12-31(23(26)27)24(30)35)29-21(22(20)34)19-9-10-28-33(19)15-5-3-2-4-6-15/h2-10,13-14,23H,11-12H2,1H3. The van der Waals surface area contributed by atoms with Crippen molar-refractivity contribution >= 4 is 11.7 Å². The van der Waals surface area contributed by atoms with Gasteiger partial charge in [0.25, 0.3) is 5.43 Å². The summed E-state index contributed by atoms with van der Waals surface area (Å²) in [4.78, 5) is 26.8. The van der Waals surface area contributed by atoms with Gasteiger partial charge in [0.05, 0.1) is 30.9 Å². The summed E-state index contributed by atoms with van der Waals surface area (Å²) in [5, 5.41) is 8.63. The van der Waals surface area contributed by atoms with Gasteiger partial charge in [-0.3, -0.25) is 14.6 Å². The van der Waals surface area contributed by atoms with Gasteiger partial charge in [0.1, 0.15) is 5.69 Å². The number of rotatable bonds is 6. The highest BCUT2D eigenvalue weighted by Gasteiger charge is 2.35. The molecule has 0 aliphatic carbocycles. The monoisotopic (exact) mass is 496 g/mol. The first-order valence-corrected chi connectivity index (χ1v) is 10.8. The van der Waals surface area contributed by atoms with Gasteiger partial charge in [-0.05, 0) is 36.4 Å². The minimum absolute atomic E-state index is 0.000319. The molecule has 36 heavy (non-hydrogen) atoms. The molecule has 0 unspecified atom stereocenters. The number of urea groups is 1. The Labute approximate surface area is 202 Å². The van der Waals surface area contributed by atoms with E-state index in [-0.39, 0.29) is 35.9 Å². The van der Waals surface area contributed by atoms with Gasteiger partial charge in [-0.1, -0.05) is 18.2 Å². The van der Waals surface area contributed by atoms with Crippen molar-refractivity contribution in [2.24, 2.45) is 0 Å². The summed E-state index contributed by atoms with van der Waals surface area (Å²) in [7, 11) is 1.31. The number of amides is 2. The van der Waals surface area contributed by atoms with Crippen molar-refractivity contribution in [3.05, 3.63) is 83.0 Å². The van der Waals surface area contributed by atoms with Crippen LogP contribution in [0.1, 0.15) is 0 Å². The Morgan fingerprint density at radius 2 is 1.78 bits per heavy atom. The van der Waals surface area contributed by atoms with Gasteiger partial charge in [0.15, 0.2) is 17.3 Å². The fourth-order valence-electron chi connectivity index (χ4n) is 3.99. The molecule has 2 aromatic carbocycles. The third-order valence-corrected chi connectivity index (χ3v) is 5.76. The molecule has 184 valence electrons. The molecule has 1 aliphatic heterocycles. The van der Waals surface area contributed by atoms with Crippen LogP contribution in [0.2, 0.25) is 0 Å². The Hall–Kier alpha value is -4.61. The lowest BCUT2D eigenvalue weighted by atomic mass is 10.2. The molecule has 2 aromatic heterocycles. The van der Waals surface area contributed by atoms with Crippen LogP contribution in [-0.4, -0.2) is 57.2 Å². The molecule has 2 amide bonds. The fourth-order valence-corrected chi connectivity index (χ4v) is 3.99. The van der Waals surface area contributed by atoms with E-state index in [1.807, 2.05) is 30.3 Å². The number of halogens is 3. The molecule has 1 saturated heterocycles. The predicted octanol–water partition coefficient (Wildman–Crippen LogP) is 3.70. The lowest BCUT2D eigenvalue weighted by molar-refractivity contribution is 0.0151. The van der Waals surface area contributed by atoms with Gasteiger partial charge in [0, 0.05) is 18.8 Å². The third-order valence-electron chi connectivity index (χ3n) is 5.76. The van der Waals surface area contributed by atoms with Crippen LogP contribution in [0.5, 0.6) is 5.75 Å². The number of alkyl halides is 2. The predicted molar refractivity (Wildman–Crippen MR) is 124 cm³/mol. The summed E-state index contributed by atoms with van der Waals surface area (Å²) in [6.07, 6.45) is 2.76. The van der Waals surface area contributed by atoms with Gasteiger partial charge < -0.3 is 4.74 Å². The second kappa shape index (κ2) is 9.21. The van der Waals surface area contributed by atoms with Crippen LogP contribution in [0.3, 0.4) is 0 Å². The van der Waals surface area contributed by atoms with Gasteiger partial charge >= 0.3 is 12.6 Å². The van der Waals surface area contributed by atoms with Crippen LogP contribution in [-0.2, 0) is 0 Å². The van der Waals surface area contributed by atoms with Gasteiger partial charge in [0.2, 0.25) is 0 Å². The number of ether oxygens (including phenoxy) is 1. The largest absolute Gasteiger partial charge is 0.491 e. The average molecular weight is 496 g/mol. The summed E-state index contributed by atoms with van der Waals surface area (Å²) in [5.74, 6) is -0.858. The van der Waals surface area contributed by atoms with E-state index in [9.17, 15) is 18.4 Å². The van der Waals surface area contributed by atoms with Gasteiger partial charge in [-0.2, -0.15) is 19.0 Å². The highest BCUT2D eigenvalue weighted by atomic mass is 19.3. The van der Waals surface area contributed by atoms with Crippen molar-refractivity contribution in [2.75, 3.05) is 25.1 Å². The summed E-state index contributed by atoms with van der Waals surface area (Å²) >= 11 is 0. The highest BCUT2D eigenvalue weighted by Crippen LogP contribution is 2.27. The number of carbonyl (C=O) groups is 1. The maximum atomic E-state index is 15.2. The molecule has 0 radical (unpaired) electrons. The molecule has 0 saturated carbocycles. The molecule has 3 heterocycles. The summed E-state index contributed by atoms with van der Waals surface area (Å²) in [5.41, 5.74) is 0.600. The van der Waals surface area contributed by atoms with E-state index >= 15 is 4.39 Å². The quantitative estimate of drug-likeness (QED) is 0.380. The van der Waals surface area contributed by atoms with Crippen LogP contribution in [0.25, 0.3) is 22.8 Å². The third kappa shape index (κ3) is 3.96. The van der Waals surface area contributed by atoms with E-state index in [0.29, 0.717) is 16.3 Å². The maximum absolute atomic E-state index is 15.2. The number of para-hydroxylation sites is 1. The number of nitrogens with zero attached hydrogens (tertiary/aromatic N) is 6. The second-order valence-electron chi connectivity index (χ2n) is 7.82. The zero-order valence-corrected chi connectivity index (χ0v) is 18.9. The first-order chi connectivity index (χ1) is 17.4. The Bertz CT molecular complexity index is 1490. The fraction of sp³-hybridized carbons (Fsp3) is 0.167. The minimum atomic E-state index is -2.94. The maximum Gasteiger partial charge on any atom is 0.328 e. The van der Waals surface area contributed by atoms with E-state index in [1.54, 1.807) is 6.07 Å².